The largest absolute Gasteiger partial charge is 1.00 e. The fourth-order valence-corrected chi connectivity index (χ4v) is 28.9. The topological polar surface area (TPSA) is 230 Å². The summed E-state index contributed by atoms with van der Waals surface area (Å²) < 4.78 is 51.4. The number of aliphatic hydroxyl groups excluding tert-OH is 1. The van der Waals surface area contributed by atoms with Gasteiger partial charge in [-0.05, 0) is 241 Å². The molecule has 0 aromatic heterocycles. The van der Waals surface area contributed by atoms with Crippen molar-refractivity contribution < 1.29 is 108 Å². The summed E-state index contributed by atoms with van der Waals surface area (Å²) in [6.45, 7) is 44.4. The van der Waals surface area contributed by atoms with Crippen LogP contribution in [0.4, 0.5) is 0 Å². The Morgan fingerprint density at radius 1 is 0.579 bits per heavy atom. The molecule has 4 saturated heterocycles. The second-order valence-corrected chi connectivity index (χ2v) is 40.5. The zero-order valence-electron chi connectivity index (χ0n) is 69.8. The Balaban J connectivity index is 0.000000240. The molecule has 4 spiro atoms. The van der Waals surface area contributed by atoms with Crippen LogP contribution in [0.15, 0.2) is 0 Å². The normalized spacial score (nSPS) is 46.4. The van der Waals surface area contributed by atoms with E-state index < -0.39 is 71.1 Å². The average molecular weight is 1510 g/mol. The van der Waals surface area contributed by atoms with Crippen LogP contribution in [0.5, 0.6) is 0 Å². The molecule has 607 valence electrons. The van der Waals surface area contributed by atoms with Gasteiger partial charge in [0.15, 0.2) is 30.6 Å². The predicted molar refractivity (Wildman–Crippen MR) is 412 cm³/mol. The van der Waals surface area contributed by atoms with Crippen LogP contribution in [-0.4, -0.2) is 193 Å². The van der Waals surface area contributed by atoms with Gasteiger partial charge in [0.1, 0.15) is 6.10 Å². The van der Waals surface area contributed by atoms with Gasteiger partial charge >= 0.3 is 41.5 Å². The van der Waals surface area contributed by atoms with Crippen LogP contribution in [-0.2, 0) is 57.1 Å². The van der Waals surface area contributed by atoms with Crippen LogP contribution in [0.25, 0.3) is 0 Å². The van der Waals surface area contributed by atoms with Gasteiger partial charge in [-0.25, -0.2) is 0 Å². The summed E-state index contributed by atoms with van der Waals surface area (Å²) in [5.41, 5.74) is -2.18. The zero-order chi connectivity index (χ0) is 74.8. The summed E-state index contributed by atoms with van der Waals surface area (Å²) in [6, 6.07) is 1.45. The van der Waals surface area contributed by atoms with E-state index in [4.69, 9.17) is 47.8 Å². The van der Waals surface area contributed by atoms with Crippen molar-refractivity contribution in [1.29, 1.82) is 0 Å². The number of hydrogen-bond donors (Lipinski definition) is 4. The Morgan fingerprint density at radius 2 is 0.963 bits per heavy atom. The van der Waals surface area contributed by atoms with E-state index in [0.29, 0.717) is 47.3 Å². The molecule has 16 rings (SSSR count). The van der Waals surface area contributed by atoms with Crippen molar-refractivity contribution in [2.24, 2.45) is 101 Å². The monoisotopic (exact) mass is 1510 g/mol. The zero-order valence-corrected chi connectivity index (χ0v) is 70.8. The van der Waals surface area contributed by atoms with Crippen molar-refractivity contribution in [3.8, 4) is 0 Å². The van der Waals surface area contributed by atoms with E-state index in [0.717, 1.165) is 103 Å². The van der Waals surface area contributed by atoms with Gasteiger partial charge in [-0.2, -0.15) is 0 Å². The van der Waals surface area contributed by atoms with Gasteiger partial charge in [0.25, 0.3) is 5.97 Å². The summed E-state index contributed by atoms with van der Waals surface area (Å²) in [5.74, 6) is 1.48. The van der Waals surface area contributed by atoms with E-state index in [2.05, 4.69) is 92.9 Å². The molecule has 20 heteroatoms. The van der Waals surface area contributed by atoms with Crippen molar-refractivity contribution in [1.82, 2.24) is 9.80 Å². The molecule has 16 fully saturated rings. The van der Waals surface area contributed by atoms with Crippen molar-refractivity contribution in [3.63, 3.8) is 0 Å². The molecule has 0 aromatic rings. The second-order valence-electron chi connectivity index (χ2n) is 40.5. The smallest absolute Gasteiger partial charge is 1.00 e. The molecular formula is C87H149BN2NaO16. The minimum atomic E-state index is -1.28. The Labute approximate surface area is 672 Å². The number of morpholine rings is 2. The number of carbonyl (C=O) groups excluding carboxylic acids is 3. The van der Waals surface area contributed by atoms with Gasteiger partial charge in [-0.3, -0.25) is 29.0 Å². The number of hydrogen-bond acceptors (Lipinski definition) is 17. The number of ketones is 1. The Bertz CT molecular complexity index is 3140. The van der Waals surface area contributed by atoms with E-state index >= 15 is 4.79 Å². The minimum absolute atomic E-state index is 0. The van der Waals surface area contributed by atoms with Crippen LogP contribution in [0, 0.1) is 101 Å². The maximum atomic E-state index is 15.0. The maximum Gasteiger partial charge on any atom is 1.00 e. The number of Topliss-reactive ketones (excluding diaryl/α,β-unsaturated/α-hetero) is 1. The number of carboxylic acids is 1. The number of ether oxygens (including phenoxy) is 8. The fourth-order valence-electron chi connectivity index (χ4n) is 28.9. The van der Waals surface area contributed by atoms with Crippen LogP contribution < -0.4 is 29.6 Å². The third-order valence-electron chi connectivity index (χ3n) is 33.9. The molecule has 18 nitrogen and oxygen atoms in total. The van der Waals surface area contributed by atoms with Gasteiger partial charge in [-0.1, -0.05) is 117 Å². The van der Waals surface area contributed by atoms with Gasteiger partial charge in [0.2, 0.25) is 0 Å². The van der Waals surface area contributed by atoms with Crippen LogP contribution >= 0.6 is 0 Å². The van der Waals surface area contributed by atoms with E-state index in [1.165, 1.54) is 104 Å². The standard InChI is InChI=1S/C40H65NO7.C40H63NO7.C3H8.C2H4O2.2CH4.B.Na.H/c2*1-23-20-26(34(36(5,6)44)46-24(2)42)47-32-31(23)37(7)16-17-40-22-39(40)15-14-29(48-30-21-41(18-19-45-30)25-10-9-11-25)35(3,4)27(39)12-13-28(40)38(37,8)33(32)43;1-3-2;1-2(3)4;;;;;/h23,25-34,43-44H,9-22H2,1-8H3;23,25-32,34,44H,9-22H2,1-8H3;3H2,1-2H3;1H3,(H,3,4);2*1H4;;;/q;;;;;;;+1;-1/t23-,26-,27+,28+,29+,30+,31+,32+,33+,34+,37-,38-,39-,40?;23-,26-,27+,28+,29+,30+,31+,32+,34+,37-,38-,39-,40?;;;;;;;/m11......./s1. The van der Waals surface area contributed by atoms with Crippen LogP contribution in [0.3, 0.4) is 0 Å². The molecule has 2 unspecified atom stereocenters. The number of aliphatic carboxylic acids is 1. The number of fused-ring (bicyclic) bond motifs is 8. The van der Waals surface area contributed by atoms with Crippen molar-refractivity contribution in [3.05, 3.63) is 0 Å². The van der Waals surface area contributed by atoms with Crippen molar-refractivity contribution >= 4 is 32.1 Å². The minimum Gasteiger partial charge on any atom is -1.00 e. The molecule has 12 aliphatic carbocycles. The quantitative estimate of drug-likeness (QED) is 0.105. The van der Waals surface area contributed by atoms with Gasteiger partial charge in [-0.15, -0.1) is 0 Å². The van der Waals surface area contributed by atoms with Gasteiger partial charge in [0, 0.05) is 84.2 Å². The van der Waals surface area contributed by atoms with Gasteiger partial charge < -0.3 is 59.7 Å². The summed E-state index contributed by atoms with van der Waals surface area (Å²) in [7, 11) is 0. The number of esters is 2. The number of carboxylic acid groups (broad SMARTS) is 1. The average Bonchev–Trinajstić information content (AvgIpc) is 1.47. The fraction of sp³-hybridized carbons (Fsp3) is 0.954. The molecule has 27 atom stereocenters. The van der Waals surface area contributed by atoms with Crippen molar-refractivity contribution in [2.75, 3.05) is 39.4 Å². The first-order valence-electron chi connectivity index (χ1n) is 41.7. The van der Waals surface area contributed by atoms with E-state index in [1.54, 1.807) is 27.7 Å². The summed E-state index contributed by atoms with van der Waals surface area (Å²) >= 11 is 0. The predicted octanol–water partition coefficient (Wildman–Crippen LogP) is 11.9. The molecule has 3 radical (unpaired) electrons. The molecule has 0 bridgehead atoms. The second kappa shape index (κ2) is 31.6. The first-order chi connectivity index (χ1) is 48.1. The molecule has 4 heterocycles. The number of aliphatic hydroxyl groups is 3. The van der Waals surface area contributed by atoms with E-state index in [9.17, 15) is 24.9 Å². The van der Waals surface area contributed by atoms with Crippen molar-refractivity contribution in [2.45, 2.75) is 385 Å². The molecule has 0 aromatic carbocycles. The number of rotatable bonds is 12. The van der Waals surface area contributed by atoms with Crippen LogP contribution in [0.1, 0.15) is 296 Å². The Hall–Kier alpha value is -1.30. The third-order valence-corrected chi connectivity index (χ3v) is 33.9. The third kappa shape index (κ3) is 14.2. The van der Waals surface area contributed by atoms with E-state index in [-0.39, 0.29) is 153 Å². The molecule has 0 amide bonds. The summed E-state index contributed by atoms with van der Waals surface area (Å²) in [5, 5.41) is 42.1. The number of nitrogens with zero attached hydrogens (tertiary/aromatic N) is 2. The van der Waals surface area contributed by atoms with E-state index in [1.807, 2.05) is 0 Å². The molecule has 16 aliphatic rings. The Morgan fingerprint density at radius 3 is 1.37 bits per heavy atom. The SMILES string of the molecule is C.C.CC(=O)O.CC(=O)O[C@@H]([C@H]1C[C@@H](C)[C@H]2[C@H](O1)C(=O)[C@@]1(C)[C@@H]3CC[C@H]4C(C)(C)[C@@H](O[C@H]5CN(C6CCC6)CCO5)CC[C@@]45CC35CC[C@]21C)C(C)(C)O.CC(=O)O[C@@H]([C@H]1C[C@@H](C)[C@H]2[C@H](O1)[C@H](O)[C@@]1(C)[C@@H]3CC[C@H]4C(C)(C)[C@@H](O[C@H]5CN(C6CCC6)CCO5)CC[C@@]45CC35CC[C@]21C)C(C)(C)O.CCC.[B].[H-].[Na+]. The van der Waals surface area contributed by atoms with Crippen LogP contribution in [0.2, 0.25) is 0 Å². The Kier molecular flexibility index (Phi) is 26.5. The van der Waals surface area contributed by atoms with Gasteiger partial charge in [0.05, 0.1) is 61.0 Å². The number of carbonyl (C=O) groups is 4. The molecule has 4 aliphatic heterocycles. The molecule has 4 N–H and O–H groups in total. The molecule has 107 heavy (non-hydrogen) atoms. The molecular weight excluding hydrogens is 1360 g/mol. The molecule has 12 saturated carbocycles. The first kappa shape index (κ1) is 89.6. The first-order valence-corrected chi connectivity index (χ1v) is 41.7. The maximum absolute atomic E-state index is 15.0. The summed E-state index contributed by atoms with van der Waals surface area (Å²) in [6.07, 6.45) is 23.2. The summed E-state index contributed by atoms with van der Waals surface area (Å²) in [4.78, 5) is 53.4.